The maximum Gasteiger partial charge on any atom is 0.258 e. The zero-order chi connectivity index (χ0) is 31.8. The number of nitriles is 1. The van der Waals surface area contributed by atoms with Crippen LogP contribution in [0.4, 0.5) is 11.4 Å². The largest absolute Gasteiger partial charge is 0.383 e. The summed E-state index contributed by atoms with van der Waals surface area (Å²) in [5.74, 6) is 0. The Hall–Kier alpha value is -4.52. The van der Waals surface area contributed by atoms with Crippen molar-refractivity contribution in [2.24, 2.45) is 5.41 Å². The van der Waals surface area contributed by atoms with E-state index in [1.54, 1.807) is 10.8 Å². The number of nitrogens with zero attached hydrogens (tertiary/aromatic N) is 4. The minimum atomic E-state index is -0.415. The SMILES string of the molecule is C=C(CC)N1C=C([C@@H](Nc2cc(Cl)c3ncc(C#N)c(NCC(C)(C)C)c3c2)c2cccc3c(=O)n(C(C)C)ccc23)NN1. The van der Waals surface area contributed by atoms with Gasteiger partial charge in [-0.05, 0) is 60.9 Å². The maximum atomic E-state index is 13.4. The highest BCUT2D eigenvalue weighted by Gasteiger charge is 2.26. The van der Waals surface area contributed by atoms with Crippen molar-refractivity contribution in [3.05, 3.63) is 99.5 Å². The van der Waals surface area contributed by atoms with Gasteiger partial charge in [-0.2, -0.15) is 5.26 Å². The van der Waals surface area contributed by atoms with Gasteiger partial charge in [-0.1, -0.05) is 58.0 Å². The summed E-state index contributed by atoms with van der Waals surface area (Å²) in [7, 11) is 0. The highest BCUT2D eigenvalue weighted by molar-refractivity contribution is 6.35. The highest BCUT2D eigenvalue weighted by Crippen LogP contribution is 2.37. The van der Waals surface area contributed by atoms with E-state index >= 15 is 0 Å². The van der Waals surface area contributed by atoms with Crippen molar-refractivity contribution in [2.45, 2.75) is 60.0 Å². The van der Waals surface area contributed by atoms with E-state index < -0.39 is 6.04 Å². The second-order valence-electron chi connectivity index (χ2n) is 12.5. The topological polar surface area (TPSA) is 110 Å². The van der Waals surface area contributed by atoms with Crippen LogP contribution in [0, 0.1) is 16.7 Å². The minimum Gasteiger partial charge on any atom is -0.383 e. The van der Waals surface area contributed by atoms with Gasteiger partial charge in [0.25, 0.3) is 5.56 Å². The Balaban J connectivity index is 1.67. The van der Waals surface area contributed by atoms with Gasteiger partial charge >= 0.3 is 0 Å². The molecule has 228 valence electrons. The summed E-state index contributed by atoms with van der Waals surface area (Å²) in [6.07, 6.45) is 6.14. The van der Waals surface area contributed by atoms with Crippen LogP contribution in [-0.4, -0.2) is 21.1 Å². The summed E-state index contributed by atoms with van der Waals surface area (Å²) >= 11 is 6.84. The predicted octanol–water partition coefficient (Wildman–Crippen LogP) is 7.36. The third-order valence-corrected chi connectivity index (χ3v) is 7.96. The first-order chi connectivity index (χ1) is 20.9. The van der Waals surface area contributed by atoms with Crippen LogP contribution in [0.3, 0.4) is 0 Å². The van der Waals surface area contributed by atoms with Gasteiger partial charge in [0, 0.05) is 53.3 Å². The number of nitrogens with one attached hydrogen (secondary N) is 4. The monoisotopic (exact) mass is 610 g/mol. The molecule has 0 unspecified atom stereocenters. The molecule has 44 heavy (non-hydrogen) atoms. The molecule has 0 aliphatic carbocycles. The molecule has 0 radical (unpaired) electrons. The van der Waals surface area contributed by atoms with Crippen LogP contribution in [0.1, 0.15) is 71.2 Å². The van der Waals surface area contributed by atoms with E-state index in [1.165, 1.54) is 0 Å². The van der Waals surface area contributed by atoms with Gasteiger partial charge in [-0.25, -0.2) is 0 Å². The number of allylic oxidation sites excluding steroid dienone is 1. The number of halogens is 1. The van der Waals surface area contributed by atoms with Crippen molar-refractivity contribution >= 4 is 44.7 Å². The molecule has 4 N–H and O–H groups in total. The molecule has 5 rings (SSSR count). The standard InChI is InChI=1S/C34H39ClN8O/c1-8-21(4)43-18-29(40-41-43)32(25-10-9-11-26-24(25)12-13-42(20(2)3)33(26)44)39-23-14-27-30(38-19-34(5,6)7)22(16-36)17-37-31(27)28(35)15-23/h9-15,17-18,20,32,39-41H,4,8,19H2,1-3,5-7H3,(H,37,38)/t32-/m0/s1. The molecule has 1 aliphatic rings. The first-order valence-electron chi connectivity index (χ1n) is 14.8. The van der Waals surface area contributed by atoms with E-state index in [1.807, 2.05) is 74.6 Å². The molecule has 0 fully saturated rings. The molecule has 1 atom stereocenters. The van der Waals surface area contributed by atoms with Crippen LogP contribution in [-0.2, 0) is 0 Å². The van der Waals surface area contributed by atoms with E-state index in [-0.39, 0.29) is 17.0 Å². The molecule has 3 heterocycles. The van der Waals surface area contributed by atoms with E-state index in [2.05, 4.69) is 60.0 Å². The lowest BCUT2D eigenvalue weighted by Crippen LogP contribution is -2.36. The van der Waals surface area contributed by atoms with Crippen LogP contribution in [0.2, 0.25) is 5.02 Å². The molecule has 0 saturated heterocycles. The molecular formula is C34H39ClN8O. The van der Waals surface area contributed by atoms with Gasteiger partial charge < -0.3 is 20.6 Å². The number of pyridine rings is 2. The van der Waals surface area contributed by atoms with Crippen LogP contribution < -0.4 is 27.2 Å². The predicted molar refractivity (Wildman–Crippen MR) is 180 cm³/mol. The Morgan fingerprint density at radius 2 is 1.95 bits per heavy atom. The molecule has 0 amide bonds. The second kappa shape index (κ2) is 12.2. The van der Waals surface area contributed by atoms with Crippen molar-refractivity contribution in [1.82, 2.24) is 25.5 Å². The lowest BCUT2D eigenvalue weighted by molar-refractivity contribution is 0.327. The number of hydrogen-bond acceptors (Lipinski definition) is 8. The number of anilines is 2. The van der Waals surface area contributed by atoms with Crippen LogP contribution >= 0.6 is 11.6 Å². The summed E-state index contributed by atoms with van der Waals surface area (Å²) in [5.41, 5.74) is 11.5. The van der Waals surface area contributed by atoms with Gasteiger partial charge in [0.2, 0.25) is 0 Å². The first-order valence-corrected chi connectivity index (χ1v) is 15.2. The average Bonchev–Trinajstić information content (AvgIpc) is 3.48. The average molecular weight is 611 g/mol. The highest BCUT2D eigenvalue weighted by atomic mass is 35.5. The third kappa shape index (κ3) is 6.09. The smallest absolute Gasteiger partial charge is 0.258 e. The molecule has 2 aromatic heterocycles. The van der Waals surface area contributed by atoms with Crippen LogP contribution in [0.5, 0.6) is 0 Å². The summed E-state index contributed by atoms with van der Waals surface area (Å²) < 4.78 is 1.74. The Bertz CT molecular complexity index is 1880. The summed E-state index contributed by atoms with van der Waals surface area (Å²) in [5, 5.41) is 21.6. The number of benzene rings is 2. The lowest BCUT2D eigenvalue weighted by atomic mass is 9.96. The van der Waals surface area contributed by atoms with Crippen molar-refractivity contribution in [1.29, 1.82) is 5.26 Å². The lowest BCUT2D eigenvalue weighted by Gasteiger charge is -2.24. The number of fused-ring (bicyclic) bond motifs is 2. The van der Waals surface area contributed by atoms with Crippen molar-refractivity contribution in [2.75, 3.05) is 17.2 Å². The van der Waals surface area contributed by atoms with Gasteiger partial charge in [0.15, 0.2) is 0 Å². The molecule has 0 saturated carbocycles. The first kappa shape index (κ1) is 30.9. The van der Waals surface area contributed by atoms with E-state index in [9.17, 15) is 10.1 Å². The summed E-state index contributed by atoms with van der Waals surface area (Å²) in [6.45, 7) is 17.2. The number of aromatic nitrogens is 2. The summed E-state index contributed by atoms with van der Waals surface area (Å²) in [4.78, 5) is 18.0. The third-order valence-electron chi connectivity index (χ3n) is 7.67. The summed E-state index contributed by atoms with van der Waals surface area (Å²) in [6, 6.07) is 13.5. The van der Waals surface area contributed by atoms with E-state index in [4.69, 9.17) is 11.6 Å². The van der Waals surface area contributed by atoms with Crippen molar-refractivity contribution in [3.8, 4) is 6.07 Å². The number of hydrazine groups is 2. The Kier molecular flexibility index (Phi) is 8.60. The van der Waals surface area contributed by atoms with Crippen molar-refractivity contribution in [3.63, 3.8) is 0 Å². The van der Waals surface area contributed by atoms with Crippen LogP contribution in [0.15, 0.2) is 77.8 Å². The molecule has 1 aliphatic heterocycles. The number of rotatable bonds is 9. The number of hydrogen-bond donors (Lipinski definition) is 4. The fraction of sp³-hybridized carbons (Fsp3) is 0.324. The second-order valence-corrected chi connectivity index (χ2v) is 13.0. The van der Waals surface area contributed by atoms with Gasteiger partial charge in [-0.15, -0.1) is 5.53 Å². The fourth-order valence-electron chi connectivity index (χ4n) is 5.25. The Morgan fingerprint density at radius 1 is 1.18 bits per heavy atom. The molecule has 0 spiro atoms. The molecule has 10 heteroatoms. The quantitative estimate of drug-likeness (QED) is 0.156. The zero-order valence-electron chi connectivity index (χ0n) is 26.0. The van der Waals surface area contributed by atoms with Gasteiger partial charge in [-0.3, -0.25) is 14.8 Å². The maximum absolute atomic E-state index is 13.4. The minimum absolute atomic E-state index is 0.0163. The van der Waals surface area contributed by atoms with Crippen LogP contribution in [0.25, 0.3) is 21.7 Å². The molecule has 0 bridgehead atoms. The van der Waals surface area contributed by atoms with Gasteiger partial charge in [0.1, 0.15) is 6.07 Å². The Labute approximate surface area is 263 Å². The molecular weight excluding hydrogens is 572 g/mol. The fourth-order valence-corrected chi connectivity index (χ4v) is 5.52. The normalized spacial score (nSPS) is 14.0. The Morgan fingerprint density at radius 3 is 2.64 bits per heavy atom. The van der Waals surface area contributed by atoms with E-state index in [0.29, 0.717) is 33.7 Å². The molecule has 4 aromatic rings. The van der Waals surface area contributed by atoms with E-state index in [0.717, 1.165) is 39.8 Å². The van der Waals surface area contributed by atoms with Gasteiger partial charge in [0.05, 0.1) is 33.5 Å². The molecule has 2 aromatic carbocycles. The molecule has 9 nitrogen and oxygen atoms in total. The van der Waals surface area contributed by atoms with Crippen molar-refractivity contribution < 1.29 is 0 Å². The zero-order valence-corrected chi connectivity index (χ0v) is 26.8.